The average molecular weight is 284 g/mol. The van der Waals surface area contributed by atoms with E-state index < -0.39 is 0 Å². The summed E-state index contributed by atoms with van der Waals surface area (Å²) in [5, 5.41) is 6.46. The number of amides is 1. The largest absolute Gasteiger partial charge is 0.378 e. The van der Waals surface area contributed by atoms with Gasteiger partial charge in [0.15, 0.2) is 0 Å². The third kappa shape index (κ3) is 3.95. The summed E-state index contributed by atoms with van der Waals surface area (Å²) in [4.78, 5) is 12.0. The molecule has 4 nitrogen and oxygen atoms in total. The van der Waals surface area contributed by atoms with Crippen LogP contribution in [0.1, 0.15) is 54.4 Å². The first-order valence-electron chi connectivity index (χ1n) is 8.00. The van der Waals surface area contributed by atoms with E-state index in [0.717, 1.165) is 26.0 Å². The highest BCUT2D eigenvalue weighted by Crippen LogP contribution is 2.46. The molecule has 20 heavy (non-hydrogen) atoms. The monoisotopic (exact) mass is 284 g/mol. The van der Waals surface area contributed by atoms with Gasteiger partial charge in [-0.3, -0.25) is 4.79 Å². The van der Waals surface area contributed by atoms with Crippen molar-refractivity contribution in [2.24, 2.45) is 11.3 Å². The Hall–Kier alpha value is -0.610. The lowest BCUT2D eigenvalue weighted by atomic mass is 9.61. The minimum Gasteiger partial charge on any atom is -0.378 e. The molecule has 1 saturated carbocycles. The van der Waals surface area contributed by atoms with Gasteiger partial charge in [0, 0.05) is 24.6 Å². The summed E-state index contributed by atoms with van der Waals surface area (Å²) in [6.45, 7) is 14.1. The van der Waals surface area contributed by atoms with Gasteiger partial charge < -0.3 is 15.4 Å². The molecule has 4 atom stereocenters. The summed E-state index contributed by atoms with van der Waals surface area (Å²) in [6, 6.07) is 0.219. The van der Waals surface area contributed by atoms with E-state index in [2.05, 4.69) is 38.3 Å². The van der Waals surface area contributed by atoms with Crippen molar-refractivity contribution in [2.75, 3.05) is 13.2 Å². The molecule has 2 N–H and O–H groups in total. The number of hydrogen-bond acceptors (Lipinski definition) is 3. The van der Waals surface area contributed by atoms with Gasteiger partial charge in [0.25, 0.3) is 0 Å². The summed E-state index contributed by atoms with van der Waals surface area (Å²) >= 11 is 0. The van der Waals surface area contributed by atoms with Gasteiger partial charge >= 0.3 is 0 Å². The van der Waals surface area contributed by atoms with Crippen molar-refractivity contribution >= 4 is 5.91 Å². The van der Waals surface area contributed by atoms with Gasteiger partial charge in [-0.2, -0.15) is 0 Å². The third-order valence-electron chi connectivity index (χ3n) is 4.64. The van der Waals surface area contributed by atoms with Crippen molar-refractivity contribution in [3.63, 3.8) is 0 Å². The Morgan fingerprint density at radius 3 is 2.50 bits per heavy atom. The van der Waals surface area contributed by atoms with Gasteiger partial charge in [-0.05, 0) is 32.6 Å². The standard InChI is InChI=1S/C16H32N2O2/c1-7-16(6)13(9-14(16)20-8-2)18-12(5)15(19)17-10-11(3)4/h11-14,18H,7-10H2,1-6H3,(H,17,19). The van der Waals surface area contributed by atoms with E-state index in [1.54, 1.807) is 0 Å². The molecule has 0 heterocycles. The molecule has 0 radical (unpaired) electrons. The number of nitrogens with one attached hydrogen (secondary N) is 2. The zero-order chi connectivity index (χ0) is 15.3. The van der Waals surface area contributed by atoms with Crippen LogP contribution in [0.3, 0.4) is 0 Å². The fourth-order valence-electron chi connectivity index (χ4n) is 2.84. The molecule has 1 fully saturated rings. The lowest BCUT2D eigenvalue weighted by molar-refractivity contribution is -0.135. The molecular formula is C16H32N2O2. The molecule has 0 saturated heterocycles. The average Bonchev–Trinajstić information content (AvgIpc) is 2.42. The molecule has 0 aromatic rings. The first-order valence-corrected chi connectivity index (χ1v) is 8.00. The molecular weight excluding hydrogens is 252 g/mol. The maximum atomic E-state index is 12.0. The van der Waals surface area contributed by atoms with Crippen molar-refractivity contribution in [1.82, 2.24) is 10.6 Å². The number of hydrogen-bond donors (Lipinski definition) is 2. The van der Waals surface area contributed by atoms with Crippen LogP contribution in [0.5, 0.6) is 0 Å². The Morgan fingerprint density at radius 1 is 1.35 bits per heavy atom. The Labute approximate surface area is 124 Å². The van der Waals surface area contributed by atoms with Crippen molar-refractivity contribution < 1.29 is 9.53 Å². The highest BCUT2D eigenvalue weighted by atomic mass is 16.5. The van der Waals surface area contributed by atoms with E-state index in [-0.39, 0.29) is 17.4 Å². The van der Waals surface area contributed by atoms with E-state index in [1.807, 2.05) is 13.8 Å². The van der Waals surface area contributed by atoms with Gasteiger partial charge in [-0.15, -0.1) is 0 Å². The van der Waals surface area contributed by atoms with E-state index >= 15 is 0 Å². The lowest BCUT2D eigenvalue weighted by Gasteiger charge is -2.54. The van der Waals surface area contributed by atoms with Crippen LogP contribution in [-0.4, -0.2) is 37.2 Å². The number of ether oxygens (including phenoxy) is 1. The minimum absolute atomic E-state index is 0.0945. The topological polar surface area (TPSA) is 50.4 Å². The second-order valence-corrected chi connectivity index (χ2v) is 6.62. The fraction of sp³-hybridized carbons (Fsp3) is 0.938. The van der Waals surface area contributed by atoms with Crippen LogP contribution in [0.15, 0.2) is 0 Å². The Morgan fingerprint density at radius 2 is 2.00 bits per heavy atom. The lowest BCUT2D eigenvalue weighted by Crippen LogP contribution is -2.65. The van der Waals surface area contributed by atoms with Crippen LogP contribution >= 0.6 is 0 Å². The van der Waals surface area contributed by atoms with E-state index in [4.69, 9.17) is 4.74 Å². The normalized spacial score (nSPS) is 30.9. The maximum absolute atomic E-state index is 12.0. The highest BCUT2D eigenvalue weighted by molar-refractivity contribution is 5.81. The van der Waals surface area contributed by atoms with Crippen LogP contribution in [0.2, 0.25) is 0 Å². The molecule has 0 aliphatic heterocycles. The number of rotatable bonds is 8. The Balaban J connectivity index is 2.46. The van der Waals surface area contributed by atoms with Crippen molar-refractivity contribution in [1.29, 1.82) is 0 Å². The summed E-state index contributed by atoms with van der Waals surface area (Å²) in [7, 11) is 0. The molecule has 0 aromatic carbocycles. The third-order valence-corrected chi connectivity index (χ3v) is 4.64. The molecule has 0 bridgehead atoms. The van der Waals surface area contributed by atoms with Crippen LogP contribution < -0.4 is 10.6 Å². The molecule has 1 aliphatic carbocycles. The van der Waals surface area contributed by atoms with Crippen LogP contribution in [-0.2, 0) is 9.53 Å². The second-order valence-electron chi connectivity index (χ2n) is 6.62. The van der Waals surface area contributed by atoms with Gasteiger partial charge in [-0.1, -0.05) is 27.7 Å². The summed E-state index contributed by atoms with van der Waals surface area (Å²) < 4.78 is 5.80. The quantitative estimate of drug-likeness (QED) is 0.719. The molecule has 0 aromatic heterocycles. The summed E-state index contributed by atoms with van der Waals surface area (Å²) in [6.07, 6.45) is 2.39. The zero-order valence-electron chi connectivity index (χ0n) is 14.0. The maximum Gasteiger partial charge on any atom is 0.236 e. The SMILES string of the molecule is CCOC1CC(NC(C)C(=O)NCC(C)C)C1(C)CC. The second kappa shape index (κ2) is 7.41. The highest BCUT2D eigenvalue weighted by Gasteiger charge is 2.51. The predicted octanol–water partition coefficient (Wildman–Crippen LogP) is 2.33. The number of carbonyl (C=O) groups excluding carboxylic acids is 1. The summed E-state index contributed by atoms with van der Waals surface area (Å²) in [5.41, 5.74) is 0.141. The van der Waals surface area contributed by atoms with E-state index in [1.165, 1.54) is 0 Å². The van der Waals surface area contributed by atoms with Gasteiger partial charge in [0.05, 0.1) is 12.1 Å². The van der Waals surface area contributed by atoms with Crippen molar-refractivity contribution in [3.8, 4) is 0 Å². The molecule has 4 heteroatoms. The molecule has 0 spiro atoms. The Kier molecular flexibility index (Phi) is 6.46. The molecule has 1 amide bonds. The van der Waals surface area contributed by atoms with Crippen molar-refractivity contribution in [2.45, 2.75) is 72.6 Å². The van der Waals surface area contributed by atoms with Crippen LogP contribution in [0.4, 0.5) is 0 Å². The van der Waals surface area contributed by atoms with E-state index in [0.29, 0.717) is 18.1 Å². The van der Waals surface area contributed by atoms with Crippen LogP contribution in [0, 0.1) is 11.3 Å². The Bertz CT molecular complexity index is 320. The minimum atomic E-state index is -0.146. The van der Waals surface area contributed by atoms with E-state index in [9.17, 15) is 4.79 Å². The predicted molar refractivity (Wildman–Crippen MR) is 82.7 cm³/mol. The molecule has 118 valence electrons. The first-order chi connectivity index (χ1) is 9.35. The fourth-order valence-corrected chi connectivity index (χ4v) is 2.84. The van der Waals surface area contributed by atoms with Gasteiger partial charge in [-0.25, -0.2) is 0 Å². The molecule has 4 unspecified atom stereocenters. The van der Waals surface area contributed by atoms with Gasteiger partial charge in [0.1, 0.15) is 0 Å². The number of carbonyl (C=O) groups is 1. The zero-order valence-corrected chi connectivity index (χ0v) is 14.0. The smallest absolute Gasteiger partial charge is 0.236 e. The first kappa shape index (κ1) is 17.4. The molecule has 1 rings (SSSR count). The summed E-state index contributed by atoms with van der Waals surface area (Å²) in [5.74, 6) is 0.579. The van der Waals surface area contributed by atoms with Crippen LogP contribution in [0.25, 0.3) is 0 Å². The molecule has 1 aliphatic rings. The van der Waals surface area contributed by atoms with Gasteiger partial charge in [0.2, 0.25) is 5.91 Å². The van der Waals surface area contributed by atoms with Crippen molar-refractivity contribution in [3.05, 3.63) is 0 Å².